The lowest BCUT2D eigenvalue weighted by atomic mass is 10.1. The minimum atomic E-state index is -3.69. The zero-order valence-corrected chi connectivity index (χ0v) is 21.6. The maximum Gasteiger partial charge on any atom is 0.251 e. The second kappa shape index (κ2) is 11.5. The summed E-state index contributed by atoms with van der Waals surface area (Å²) in [6, 6.07) is 13.3. The molecule has 1 aromatic heterocycles. The van der Waals surface area contributed by atoms with E-state index in [0.717, 1.165) is 5.56 Å². The molecule has 0 saturated carbocycles. The van der Waals surface area contributed by atoms with Gasteiger partial charge in [-0.05, 0) is 69.7 Å². The molecule has 3 aromatic rings. The van der Waals surface area contributed by atoms with Gasteiger partial charge in [0.1, 0.15) is 5.82 Å². The summed E-state index contributed by atoms with van der Waals surface area (Å²) in [4.78, 5) is 21.1. The summed E-state index contributed by atoms with van der Waals surface area (Å²) in [7, 11) is -3.69. The summed E-state index contributed by atoms with van der Waals surface area (Å²) >= 11 is 0. The van der Waals surface area contributed by atoms with E-state index in [2.05, 4.69) is 30.6 Å². The molecule has 0 fully saturated rings. The molecule has 1 heterocycles. The summed E-state index contributed by atoms with van der Waals surface area (Å²) in [6.45, 7) is 7.40. The summed E-state index contributed by atoms with van der Waals surface area (Å²) in [5.74, 6) is 0.617. The van der Waals surface area contributed by atoms with Gasteiger partial charge < -0.3 is 21.1 Å². The Labute approximate surface area is 211 Å². The third-order valence-electron chi connectivity index (χ3n) is 4.89. The molecular formula is C25H32N6O4S. The van der Waals surface area contributed by atoms with E-state index < -0.39 is 15.6 Å². The third kappa shape index (κ3) is 7.48. The van der Waals surface area contributed by atoms with E-state index in [9.17, 15) is 13.2 Å². The average molecular weight is 513 g/mol. The van der Waals surface area contributed by atoms with Crippen LogP contribution in [0.25, 0.3) is 0 Å². The van der Waals surface area contributed by atoms with Crippen molar-refractivity contribution in [2.45, 2.75) is 44.6 Å². The molecule has 1 amide bonds. The molecule has 11 heteroatoms. The number of nitrogens with one attached hydrogen (secondary N) is 4. The second-order valence-electron chi connectivity index (χ2n) is 9.11. The summed E-state index contributed by atoms with van der Waals surface area (Å²) in [5, 5.41) is 17.8. The molecule has 10 nitrogen and oxygen atoms in total. The van der Waals surface area contributed by atoms with Gasteiger partial charge in [0.15, 0.2) is 0 Å². The first-order valence-corrected chi connectivity index (χ1v) is 13.0. The monoisotopic (exact) mass is 512 g/mol. The fraction of sp³-hybridized carbons (Fsp3) is 0.320. The Morgan fingerprint density at radius 2 is 1.75 bits per heavy atom. The Morgan fingerprint density at radius 3 is 2.39 bits per heavy atom. The molecule has 36 heavy (non-hydrogen) atoms. The Hall–Kier alpha value is -3.54. The number of hydrogen-bond donors (Lipinski definition) is 5. The fourth-order valence-corrected chi connectivity index (χ4v) is 4.74. The highest BCUT2D eigenvalue weighted by molar-refractivity contribution is 7.89. The van der Waals surface area contributed by atoms with Crippen LogP contribution in [0.3, 0.4) is 0 Å². The minimum absolute atomic E-state index is 0.124. The predicted octanol–water partition coefficient (Wildman–Crippen LogP) is 3.33. The van der Waals surface area contributed by atoms with E-state index in [1.165, 1.54) is 0 Å². The number of aryl methyl sites for hydroxylation is 1. The molecule has 0 saturated heterocycles. The number of aliphatic hydroxyl groups is 1. The molecule has 0 unspecified atom stereocenters. The Bertz CT molecular complexity index is 1300. The number of benzene rings is 2. The van der Waals surface area contributed by atoms with Crippen LogP contribution in [0.4, 0.5) is 23.1 Å². The van der Waals surface area contributed by atoms with Crippen molar-refractivity contribution in [1.82, 2.24) is 20.0 Å². The molecular weight excluding hydrogens is 480 g/mol. The van der Waals surface area contributed by atoms with Crippen LogP contribution in [0.5, 0.6) is 0 Å². The largest absolute Gasteiger partial charge is 0.395 e. The molecule has 0 spiro atoms. The molecule has 0 aliphatic heterocycles. The molecule has 0 radical (unpaired) electrons. The molecule has 2 aromatic carbocycles. The van der Waals surface area contributed by atoms with Crippen LogP contribution in [0.1, 0.15) is 43.6 Å². The van der Waals surface area contributed by atoms with Crippen molar-refractivity contribution in [1.29, 1.82) is 0 Å². The highest BCUT2D eigenvalue weighted by Crippen LogP contribution is 2.24. The van der Waals surface area contributed by atoms with Gasteiger partial charge in [0.25, 0.3) is 5.91 Å². The van der Waals surface area contributed by atoms with Gasteiger partial charge in [-0.3, -0.25) is 4.79 Å². The highest BCUT2D eigenvalue weighted by Gasteiger charge is 2.22. The summed E-state index contributed by atoms with van der Waals surface area (Å²) in [6.07, 6.45) is 2.37. The van der Waals surface area contributed by atoms with Crippen molar-refractivity contribution in [3.63, 3.8) is 0 Å². The number of carbonyl (C=O) groups is 1. The van der Waals surface area contributed by atoms with Gasteiger partial charge in [0.2, 0.25) is 16.0 Å². The van der Waals surface area contributed by atoms with Gasteiger partial charge in [-0.25, -0.2) is 18.1 Å². The van der Waals surface area contributed by atoms with Crippen molar-refractivity contribution in [3.05, 3.63) is 65.9 Å². The van der Waals surface area contributed by atoms with Gasteiger partial charge in [0.05, 0.1) is 11.5 Å². The average Bonchev–Trinajstić information content (AvgIpc) is 2.82. The Balaban J connectivity index is 1.79. The number of aromatic nitrogens is 2. The van der Waals surface area contributed by atoms with Crippen LogP contribution in [0.2, 0.25) is 0 Å². The van der Waals surface area contributed by atoms with E-state index >= 15 is 0 Å². The van der Waals surface area contributed by atoms with Gasteiger partial charge in [0, 0.05) is 40.8 Å². The Morgan fingerprint density at radius 1 is 1.03 bits per heavy atom. The van der Waals surface area contributed by atoms with Crippen LogP contribution in [-0.4, -0.2) is 48.1 Å². The van der Waals surface area contributed by atoms with Crippen molar-refractivity contribution in [2.75, 3.05) is 23.8 Å². The lowest BCUT2D eigenvalue weighted by Gasteiger charge is -2.20. The van der Waals surface area contributed by atoms with Crippen LogP contribution < -0.4 is 20.7 Å². The van der Waals surface area contributed by atoms with Gasteiger partial charge >= 0.3 is 0 Å². The van der Waals surface area contributed by atoms with Crippen molar-refractivity contribution in [3.8, 4) is 0 Å². The molecule has 0 aliphatic carbocycles. The fourth-order valence-electron chi connectivity index (χ4n) is 3.28. The lowest BCUT2D eigenvalue weighted by molar-refractivity contribution is 0.0945. The quantitative estimate of drug-likeness (QED) is 0.278. The van der Waals surface area contributed by atoms with Crippen LogP contribution in [0.15, 0.2) is 59.6 Å². The standard InChI is InChI=1S/C25H32N6O4S/c1-5-17-16-27-24(29-19-11-9-18(10-12-19)23(33)26-13-14-32)30-22(17)28-20-7-6-8-21(15-20)36(34,35)31-25(2,3)4/h6-12,15-16,31-32H,5,13-14H2,1-4H3,(H,26,33)(H2,27,28,29,30). The first-order chi connectivity index (χ1) is 17.0. The number of hydrogen-bond acceptors (Lipinski definition) is 8. The minimum Gasteiger partial charge on any atom is -0.395 e. The highest BCUT2D eigenvalue weighted by atomic mass is 32.2. The summed E-state index contributed by atoms with van der Waals surface area (Å²) in [5.41, 5.74) is 1.98. The number of amides is 1. The van der Waals surface area contributed by atoms with E-state index in [-0.39, 0.29) is 24.0 Å². The van der Waals surface area contributed by atoms with Crippen molar-refractivity contribution < 1.29 is 18.3 Å². The number of carbonyl (C=O) groups excluding carboxylic acids is 1. The lowest BCUT2D eigenvalue weighted by Crippen LogP contribution is -2.40. The maximum absolute atomic E-state index is 12.7. The molecule has 0 aliphatic rings. The molecule has 192 valence electrons. The SMILES string of the molecule is CCc1cnc(Nc2ccc(C(=O)NCCO)cc2)nc1Nc1cccc(S(=O)(=O)NC(C)(C)C)c1. The molecule has 5 N–H and O–H groups in total. The third-order valence-corrected chi connectivity index (χ3v) is 6.65. The zero-order valence-electron chi connectivity index (χ0n) is 20.8. The first-order valence-electron chi connectivity index (χ1n) is 11.5. The van der Waals surface area contributed by atoms with E-state index in [0.29, 0.717) is 35.1 Å². The maximum atomic E-state index is 12.7. The van der Waals surface area contributed by atoms with Crippen LogP contribution >= 0.6 is 0 Å². The number of anilines is 4. The van der Waals surface area contributed by atoms with E-state index in [1.54, 1.807) is 75.5 Å². The summed E-state index contributed by atoms with van der Waals surface area (Å²) < 4.78 is 28.1. The first kappa shape index (κ1) is 27.1. The van der Waals surface area contributed by atoms with Gasteiger partial charge in [-0.1, -0.05) is 13.0 Å². The number of rotatable bonds is 10. The zero-order chi connectivity index (χ0) is 26.3. The van der Waals surface area contributed by atoms with Crippen molar-refractivity contribution >= 4 is 39.1 Å². The number of aliphatic hydroxyl groups excluding tert-OH is 1. The second-order valence-corrected chi connectivity index (χ2v) is 10.8. The topological polar surface area (TPSA) is 145 Å². The number of nitrogens with zero attached hydrogens (tertiary/aromatic N) is 2. The normalized spacial score (nSPS) is 11.7. The van der Waals surface area contributed by atoms with E-state index in [4.69, 9.17) is 5.11 Å². The van der Waals surface area contributed by atoms with Crippen molar-refractivity contribution in [2.24, 2.45) is 0 Å². The Kier molecular flexibility index (Phi) is 8.62. The van der Waals surface area contributed by atoms with Crippen LogP contribution in [-0.2, 0) is 16.4 Å². The predicted molar refractivity (Wildman–Crippen MR) is 140 cm³/mol. The van der Waals surface area contributed by atoms with Gasteiger partial charge in [-0.2, -0.15) is 4.98 Å². The molecule has 0 atom stereocenters. The number of sulfonamides is 1. The molecule has 3 rings (SSSR count). The van der Waals surface area contributed by atoms with Crippen LogP contribution in [0, 0.1) is 0 Å². The van der Waals surface area contributed by atoms with E-state index in [1.807, 2.05) is 6.92 Å². The smallest absolute Gasteiger partial charge is 0.251 e. The molecule has 0 bridgehead atoms. The van der Waals surface area contributed by atoms with Gasteiger partial charge in [-0.15, -0.1) is 0 Å².